The van der Waals surface area contributed by atoms with Gasteiger partial charge in [0.2, 0.25) is 0 Å². The smallest absolute Gasteiger partial charge is 0.408 e. The topological polar surface area (TPSA) is 81.5 Å². The molecule has 2 atom stereocenters. The molecule has 0 aliphatic rings. The van der Waals surface area contributed by atoms with Crippen LogP contribution in [0.1, 0.15) is 44.0 Å². The molecular formula is C19H20Cl2N2O4. The van der Waals surface area contributed by atoms with Crippen molar-refractivity contribution < 1.29 is 14.5 Å². The predicted molar refractivity (Wildman–Crippen MR) is 105 cm³/mol. The second-order valence-corrected chi connectivity index (χ2v) is 7.83. The van der Waals surface area contributed by atoms with Crippen molar-refractivity contribution in [3.05, 3.63) is 79.8 Å². The van der Waals surface area contributed by atoms with E-state index < -0.39 is 28.7 Å². The maximum atomic E-state index is 12.3. The highest BCUT2D eigenvalue weighted by Crippen LogP contribution is 2.33. The molecular weight excluding hydrogens is 391 g/mol. The van der Waals surface area contributed by atoms with E-state index in [4.69, 9.17) is 27.9 Å². The van der Waals surface area contributed by atoms with Crippen molar-refractivity contribution in [1.29, 1.82) is 0 Å². The van der Waals surface area contributed by atoms with Crippen molar-refractivity contribution in [1.82, 2.24) is 5.32 Å². The normalized spacial score (nSPS) is 13.5. The molecule has 0 fully saturated rings. The van der Waals surface area contributed by atoms with Gasteiger partial charge in [0.05, 0.1) is 0 Å². The number of benzene rings is 2. The van der Waals surface area contributed by atoms with E-state index in [0.717, 1.165) is 0 Å². The average molecular weight is 411 g/mol. The van der Waals surface area contributed by atoms with Crippen LogP contribution in [-0.2, 0) is 4.74 Å². The van der Waals surface area contributed by atoms with Crippen LogP contribution in [0.15, 0.2) is 48.5 Å². The molecule has 0 unspecified atom stereocenters. The molecule has 2 rings (SSSR count). The molecule has 144 valence electrons. The lowest BCUT2D eigenvalue weighted by molar-refractivity contribution is -0.534. The number of rotatable bonds is 5. The van der Waals surface area contributed by atoms with Gasteiger partial charge in [-0.05, 0) is 50.6 Å². The van der Waals surface area contributed by atoms with Gasteiger partial charge in [-0.3, -0.25) is 10.1 Å². The molecule has 0 radical (unpaired) electrons. The van der Waals surface area contributed by atoms with Crippen LogP contribution in [-0.4, -0.2) is 16.6 Å². The highest BCUT2D eigenvalue weighted by Gasteiger charge is 2.36. The van der Waals surface area contributed by atoms with Crippen LogP contribution in [0.5, 0.6) is 0 Å². The lowest BCUT2D eigenvalue weighted by Crippen LogP contribution is -2.39. The summed E-state index contributed by atoms with van der Waals surface area (Å²) in [6, 6.07) is 10.6. The van der Waals surface area contributed by atoms with E-state index in [0.29, 0.717) is 21.2 Å². The Morgan fingerprint density at radius 3 is 1.85 bits per heavy atom. The first-order valence-electron chi connectivity index (χ1n) is 8.21. The number of nitro groups is 1. The highest BCUT2D eigenvalue weighted by atomic mass is 35.5. The molecule has 0 aromatic heterocycles. The maximum absolute atomic E-state index is 12.3. The number of amides is 1. The molecule has 0 saturated heterocycles. The summed E-state index contributed by atoms with van der Waals surface area (Å²) >= 11 is 11.8. The molecule has 0 bridgehead atoms. The number of nitrogens with zero attached hydrogens (tertiary/aromatic N) is 1. The lowest BCUT2D eigenvalue weighted by atomic mass is 9.94. The number of hydrogen-bond acceptors (Lipinski definition) is 4. The maximum Gasteiger partial charge on any atom is 0.408 e. The third-order valence-electron chi connectivity index (χ3n) is 3.66. The third-order valence-corrected chi connectivity index (χ3v) is 4.16. The molecule has 2 aromatic rings. The molecule has 6 nitrogen and oxygen atoms in total. The molecule has 1 N–H and O–H groups in total. The number of carbonyl (C=O) groups is 1. The molecule has 27 heavy (non-hydrogen) atoms. The van der Waals surface area contributed by atoms with Crippen molar-refractivity contribution in [2.75, 3.05) is 0 Å². The summed E-state index contributed by atoms with van der Waals surface area (Å²) in [6.45, 7) is 5.15. The van der Waals surface area contributed by atoms with Crippen molar-refractivity contribution in [2.24, 2.45) is 0 Å². The Kier molecular flexibility index (Phi) is 6.68. The van der Waals surface area contributed by atoms with E-state index in [1.807, 2.05) is 0 Å². The summed E-state index contributed by atoms with van der Waals surface area (Å²) in [5.41, 5.74) is 0.196. The summed E-state index contributed by atoms with van der Waals surface area (Å²) < 4.78 is 5.28. The van der Waals surface area contributed by atoms with E-state index in [1.165, 1.54) is 0 Å². The summed E-state index contributed by atoms with van der Waals surface area (Å²) in [5.74, 6) is 0. The Balaban J connectivity index is 2.44. The van der Waals surface area contributed by atoms with Gasteiger partial charge < -0.3 is 10.1 Å². The average Bonchev–Trinajstić information content (AvgIpc) is 2.55. The van der Waals surface area contributed by atoms with Crippen LogP contribution in [0.4, 0.5) is 4.79 Å². The first kappa shape index (κ1) is 21.0. The van der Waals surface area contributed by atoms with Crippen LogP contribution in [0.25, 0.3) is 0 Å². The first-order valence-corrected chi connectivity index (χ1v) is 8.96. The monoisotopic (exact) mass is 410 g/mol. The van der Waals surface area contributed by atoms with Gasteiger partial charge in [-0.2, -0.15) is 0 Å². The summed E-state index contributed by atoms with van der Waals surface area (Å²) in [6.07, 6.45) is -0.747. The van der Waals surface area contributed by atoms with Crippen LogP contribution in [0, 0.1) is 10.1 Å². The zero-order valence-electron chi connectivity index (χ0n) is 15.1. The second-order valence-electron chi connectivity index (χ2n) is 6.96. The number of halogens is 2. The fourth-order valence-corrected chi connectivity index (χ4v) is 2.80. The van der Waals surface area contributed by atoms with Gasteiger partial charge in [-0.1, -0.05) is 47.5 Å². The number of ether oxygens (including phenoxy) is 1. The minimum atomic E-state index is -1.24. The minimum Gasteiger partial charge on any atom is -0.444 e. The van der Waals surface area contributed by atoms with Crippen LogP contribution in [0.3, 0.4) is 0 Å². The van der Waals surface area contributed by atoms with Crippen LogP contribution in [0.2, 0.25) is 10.0 Å². The molecule has 0 aliphatic carbocycles. The van der Waals surface area contributed by atoms with Gasteiger partial charge >= 0.3 is 6.09 Å². The fraction of sp³-hybridized carbons (Fsp3) is 0.316. The molecule has 0 aliphatic heterocycles. The number of alkyl carbamates (subject to hydrolysis) is 1. The molecule has 0 heterocycles. The Hall–Kier alpha value is -2.31. The molecule has 0 spiro atoms. The van der Waals surface area contributed by atoms with Gasteiger partial charge in [-0.15, -0.1) is 0 Å². The molecule has 8 heteroatoms. The SMILES string of the molecule is CC(C)(C)OC(=O)N[C@H](c1ccc(Cl)cc1)[C@H](c1ccc(Cl)cc1)[N+](=O)[O-]. The number of carbonyl (C=O) groups excluding carboxylic acids is 1. The minimum absolute atomic E-state index is 0.403. The van der Waals surface area contributed by atoms with Crippen molar-refractivity contribution in [3.8, 4) is 0 Å². The number of nitrogens with one attached hydrogen (secondary N) is 1. The first-order chi connectivity index (χ1) is 12.6. The second kappa shape index (κ2) is 8.59. The Bertz CT molecular complexity index is 802. The van der Waals surface area contributed by atoms with Crippen molar-refractivity contribution >= 4 is 29.3 Å². The third kappa shape index (κ3) is 6.12. The Morgan fingerprint density at radius 2 is 1.44 bits per heavy atom. The largest absolute Gasteiger partial charge is 0.444 e. The van der Waals surface area contributed by atoms with Gasteiger partial charge in [0.25, 0.3) is 6.04 Å². The zero-order valence-corrected chi connectivity index (χ0v) is 16.6. The predicted octanol–water partition coefficient (Wildman–Crippen LogP) is 5.58. The van der Waals surface area contributed by atoms with Gasteiger partial charge in [0.1, 0.15) is 11.6 Å². The zero-order chi connectivity index (χ0) is 20.2. The van der Waals surface area contributed by atoms with E-state index in [9.17, 15) is 14.9 Å². The lowest BCUT2D eigenvalue weighted by Gasteiger charge is -2.26. The number of hydrogen-bond donors (Lipinski definition) is 1. The van der Waals surface area contributed by atoms with Gasteiger partial charge in [0, 0.05) is 20.5 Å². The summed E-state index contributed by atoms with van der Waals surface area (Å²) in [7, 11) is 0. The molecule has 2 aromatic carbocycles. The van der Waals surface area contributed by atoms with E-state index >= 15 is 0 Å². The van der Waals surface area contributed by atoms with E-state index in [2.05, 4.69) is 5.32 Å². The van der Waals surface area contributed by atoms with Crippen LogP contribution >= 0.6 is 23.2 Å². The van der Waals surface area contributed by atoms with Crippen molar-refractivity contribution in [2.45, 2.75) is 38.5 Å². The molecule has 0 saturated carbocycles. The van der Waals surface area contributed by atoms with E-state index in [1.54, 1.807) is 69.3 Å². The molecule has 1 amide bonds. The fourth-order valence-electron chi connectivity index (χ4n) is 2.55. The standard InChI is InChI=1S/C19H20Cl2N2O4/c1-19(2,3)27-18(24)22-16(12-4-8-14(20)9-5-12)17(23(25)26)13-6-10-15(21)11-7-13/h4-11,16-17H,1-3H3,(H,22,24)/t16-,17+/m1/s1. The Morgan fingerprint density at radius 1 is 1.00 bits per heavy atom. The quantitative estimate of drug-likeness (QED) is 0.515. The van der Waals surface area contributed by atoms with Gasteiger partial charge in [-0.25, -0.2) is 4.79 Å². The van der Waals surface area contributed by atoms with Crippen molar-refractivity contribution in [3.63, 3.8) is 0 Å². The summed E-state index contributed by atoms with van der Waals surface area (Å²) in [5, 5.41) is 15.5. The van der Waals surface area contributed by atoms with Gasteiger partial charge in [0.15, 0.2) is 0 Å². The summed E-state index contributed by atoms with van der Waals surface area (Å²) in [4.78, 5) is 23.8. The Labute approximate surface area is 167 Å². The van der Waals surface area contributed by atoms with E-state index in [-0.39, 0.29) is 0 Å². The van der Waals surface area contributed by atoms with Crippen LogP contribution < -0.4 is 5.32 Å². The highest BCUT2D eigenvalue weighted by molar-refractivity contribution is 6.30.